The lowest BCUT2D eigenvalue weighted by Gasteiger charge is -2.21. The van der Waals surface area contributed by atoms with Crippen LogP contribution in [-0.2, 0) is 16.0 Å². The van der Waals surface area contributed by atoms with Crippen LogP contribution in [0.25, 0.3) is 0 Å². The number of halogens is 1. The molecule has 0 heterocycles. The molecule has 0 fully saturated rings. The van der Waals surface area contributed by atoms with Gasteiger partial charge in [0.05, 0.1) is 12.1 Å². The van der Waals surface area contributed by atoms with Crippen LogP contribution in [0.5, 0.6) is 5.75 Å². The first kappa shape index (κ1) is 19.8. The monoisotopic (exact) mass is 374 g/mol. The summed E-state index contributed by atoms with van der Waals surface area (Å²) >= 11 is 6.05. The Morgan fingerprint density at radius 3 is 2.46 bits per heavy atom. The van der Waals surface area contributed by atoms with Crippen LogP contribution in [0.4, 0.5) is 5.69 Å². The molecule has 0 aromatic heterocycles. The minimum Gasteiger partial charge on any atom is -0.495 e. The average Bonchev–Trinajstić information content (AvgIpc) is 2.62. The first-order chi connectivity index (χ1) is 12.5. The molecule has 2 aromatic rings. The van der Waals surface area contributed by atoms with Crippen LogP contribution in [0, 0.1) is 0 Å². The predicted octanol–water partition coefficient (Wildman–Crippen LogP) is 3.77. The van der Waals surface area contributed by atoms with Crippen molar-refractivity contribution in [2.75, 3.05) is 25.5 Å². The third kappa shape index (κ3) is 6.08. The highest BCUT2D eigenvalue weighted by atomic mass is 35.5. The van der Waals surface area contributed by atoms with Gasteiger partial charge in [-0.1, -0.05) is 41.9 Å². The molecule has 0 saturated carbocycles. The Morgan fingerprint density at radius 2 is 1.85 bits per heavy atom. The van der Waals surface area contributed by atoms with Gasteiger partial charge in [-0.05, 0) is 30.2 Å². The van der Waals surface area contributed by atoms with E-state index in [1.165, 1.54) is 14.0 Å². The molecule has 0 aliphatic rings. The number of hydrogen-bond donors (Lipinski definition) is 1. The van der Waals surface area contributed by atoms with Crippen molar-refractivity contribution >= 4 is 29.1 Å². The number of anilines is 1. The van der Waals surface area contributed by atoms with E-state index in [9.17, 15) is 9.59 Å². The van der Waals surface area contributed by atoms with Crippen molar-refractivity contribution in [2.45, 2.75) is 19.8 Å². The number of ether oxygens (including phenoxy) is 1. The molecule has 26 heavy (non-hydrogen) atoms. The van der Waals surface area contributed by atoms with Gasteiger partial charge in [-0.2, -0.15) is 0 Å². The Hall–Kier alpha value is -2.53. The standard InChI is InChI=1S/C20H23ClN2O3/c1-15(24)23(12-10-16-6-4-3-5-7-16)13-11-20(25)22-17-8-9-19(26-2)18(21)14-17/h3-9,14H,10-13H2,1-2H3,(H,22,25). The molecule has 0 radical (unpaired) electrons. The number of rotatable bonds is 8. The number of carbonyl (C=O) groups is 2. The van der Waals surface area contributed by atoms with Gasteiger partial charge in [-0.15, -0.1) is 0 Å². The number of nitrogens with one attached hydrogen (secondary N) is 1. The molecule has 2 rings (SSSR count). The van der Waals surface area contributed by atoms with E-state index >= 15 is 0 Å². The molecule has 1 N–H and O–H groups in total. The maximum absolute atomic E-state index is 12.2. The smallest absolute Gasteiger partial charge is 0.226 e. The minimum atomic E-state index is -0.169. The van der Waals surface area contributed by atoms with Gasteiger partial charge >= 0.3 is 0 Å². The number of nitrogens with zero attached hydrogens (tertiary/aromatic N) is 1. The lowest BCUT2D eigenvalue weighted by molar-refractivity contribution is -0.129. The van der Waals surface area contributed by atoms with Crippen LogP contribution in [0.15, 0.2) is 48.5 Å². The normalized spacial score (nSPS) is 10.3. The van der Waals surface area contributed by atoms with Crippen LogP contribution >= 0.6 is 11.6 Å². The zero-order valence-corrected chi connectivity index (χ0v) is 15.8. The summed E-state index contributed by atoms with van der Waals surface area (Å²) in [7, 11) is 1.53. The van der Waals surface area contributed by atoms with Gasteiger partial charge in [-0.25, -0.2) is 0 Å². The highest BCUT2D eigenvalue weighted by molar-refractivity contribution is 6.32. The maximum Gasteiger partial charge on any atom is 0.226 e. The molecule has 2 aromatic carbocycles. The topological polar surface area (TPSA) is 58.6 Å². The van der Waals surface area contributed by atoms with E-state index in [1.54, 1.807) is 23.1 Å². The van der Waals surface area contributed by atoms with Crippen molar-refractivity contribution in [1.29, 1.82) is 0 Å². The lowest BCUT2D eigenvalue weighted by Crippen LogP contribution is -2.33. The zero-order chi connectivity index (χ0) is 18.9. The first-order valence-corrected chi connectivity index (χ1v) is 8.80. The molecule has 0 unspecified atom stereocenters. The van der Waals surface area contributed by atoms with Crippen LogP contribution in [0.3, 0.4) is 0 Å². The maximum atomic E-state index is 12.2. The van der Waals surface area contributed by atoms with Gasteiger partial charge in [0.15, 0.2) is 0 Å². The van der Waals surface area contributed by atoms with Gasteiger partial charge in [0.1, 0.15) is 5.75 Å². The van der Waals surface area contributed by atoms with Gasteiger partial charge in [0.25, 0.3) is 0 Å². The van der Waals surface area contributed by atoms with E-state index in [4.69, 9.17) is 16.3 Å². The minimum absolute atomic E-state index is 0.0405. The van der Waals surface area contributed by atoms with E-state index in [0.717, 1.165) is 12.0 Å². The summed E-state index contributed by atoms with van der Waals surface area (Å²) in [5.41, 5.74) is 1.76. The molecule has 5 nitrogen and oxygen atoms in total. The third-order valence-electron chi connectivity index (χ3n) is 4.00. The Balaban J connectivity index is 1.84. The fourth-order valence-electron chi connectivity index (χ4n) is 2.54. The number of carbonyl (C=O) groups excluding carboxylic acids is 2. The summed E-state index contributed by atoms with van der Waals surface area (Å²) < 4.78 is 5.08. The fourth-order valence-corrected chi connectivity index (χ4v) is 2.80. The van der Waals surface area contributed by atoms with Crippen molar-refractivity contribution in [3.63, 3.8) is 0 Å². The van der Waals surface area contributed by atoms with E-state index in [2.05, 4.69) is 5.32 Å². The van der Waals surface area contributed by atoms with Crippen molar-refractivity contribution < 1.29 is 14.3 Å². The SMILES string of the molecule is COc1ccc(NC(=O)CCN(CCc2ccccc2)C(C)=O)cc1Cl. The largest absolute Gasteiger partial charge is 0.495 e. The van der Waals surface area contributed by atoms with E-state index in [0.29, 0.717) is 29.5 Å². The number of amides is 2. The van der Waals surface area contributed by atoms with E-state index in [1.807, 2.05) is 30.3 Å². The van der Waals surface area contributed by atoms with Crippen molar-refractivity contribution in [3.8, 4) is 5.75 Å². The van der Waals surface area contributed by atoms with Crippen molar-refractivity contribution in [1.82, 2.24) is 4.90 Å². The third-order valence-corrected chi connectivity index (χ3v) is 4.30. The highest BCUT2D eigenvalue weighted by Crippen LogP contribution is 2.27. The van der Waals surface area contributed by atoms with Crippen LogP contribution in [0.2, 0.25) is 5.02 Å². The quantitative estimate of drug-likeness (QED) is 0.765. The summed E-state index contributed by atoms with van der Waals surface area (Å²) in [6.45, 7) is 2.48. The molecule has 0 saturated heterocycles. The molecule has 138 valence electrons. The second-order valence-electron chi connectivity index (χ2n) is 5.89. The Labute approximate surface area is 158 Å². The van der Waals surface area contributed by atoms with Gasteiger partial charge in [0.2, 0.25) is 11.8 Å². The predicted molar refractivity (Wildman–Crippen MR) is 104 cm³/mol. The molecular weight excluding hydrogens is 352 g/mol. The number of hydrogen-bond acceptors (Lipinski definition) is 3. The van der Waals surface area contributed by atoms with E-state index < -0.39 is 0 Å². The summed E-state index contributed by atoms with van der Waals surface area (Å²) in [5.74, 6) is 0.340. The molecule has 0 atom stereocenters. The van der Waals surface area contributed by atoms with E-state index in [-0.39, 0.29) is 18.2 Å². The van der Waals surface area contributed by atoms with Gasteiger partial charge < -0.3 is 15.0 Å². The molecule has 0 bridgehead atoms. The van der Waals surface area contributed by atoms with Crippen LogP contribution in [0.1, 0.15) is 18.9 Å². The zero-order valence-electron chi connectivity index (χ0n) is 15.0. The number of methoxy groups -OCH3 is 1. The van der Waals surface area contributed by atoms with Gasteiger partial charge in [-0.3, -0.25) is 9.59 Å². The first-order valence-electron chi connectivity index (χ1n) is 8.42. The fraction of sp³-hybridized carbons (Fsp3) is 0.300. The molecule has 2 amide bonds. The molecule has 0 aliphatic heterocycles. The average molecular weight is 375 g/mol. The van der Waals surface area contributed by atoms with Crippen LogP contribution in [-0.4, -0.2) is 36.9 Å². The molecule has 0 spiro atoms. The summed E-state index contributed by atoms with van der Waals surface area (Å²) in [5, 5.41) is 3.21. The lowest BCUT2D eigenvalue weighted by atomic mass is 10.1. The van der Waals surface area contributed by atoms with Crippen molar-refractivity contribution in [3.05, 3.63) is 59.1 Å². The van der Waals surface area contributed by atoms with Crippen molar-refractivity contribution in [2.24, 2.45) is 0 Å². The number of benzene rings is 2. The summed E-state index contributed by atoms with van der Waals surface area (Å²) in [6.07, 6.45) is 0.980. The van der Waals surface area contributed by atoms with Gasteiger partial charge in [0, 0.05) is 32.1 Å². The van der Waals surface area contributed by atoms with Crippen LogP contribution < -0.4 is 10.1 Å². The second-order valence-corrected chi connectivity index (χ2v) is 6.30. The Bertz CT molecular complexity index is 750. The molecule has 0 aliphatic carbocycles. The highest BCUT2D eigenvalue weighted by Gasteiger charge is 2.12. The Kier molecular flexibility index (Phi) is 7.48. The second kappa shape index (κ2) is 9.82. The Morgan fingerprint density at radius 1 is 1.12 bits per heavy atom. The summed E-state index contributed by atoms with van der Waals surface area (Å²) in [4.78, 5) is 25.7. The summed E-state index contributed by atoms with van der Waals surface area (Å²) in [6, 6.07) is 15.0. The molecular formula is C20H23ClN2O3. The molecule has 6 heteroatoms.